The van der Waals surface area contributed by atoms with Crippen LogP contribution in [-0.2, 0) is 0 Å². The van der Waals surface area contributed by atoms with Gasteiger partial charge in [-0.25, -0.2) is 0 Å². The summed E-state index contributed by atoms with van der Waals surface area (Å²) in [7, 11) is 1.54. The Morgan fingerprint density at radius 2 is 2.12 bits per heavy atom. The molecule has 0 saturated heterocycles. The Morgan fingerprint density at radius 3 is 2.88 bits per heavy atom. The number of halogens is 1. The second kappa shape index (κ2) is 7.09. The Hall–Kier alpha value is -2.27. The summed E-state index contributed by atoms with van der Waals surface area (Å²) < 4.78 is 6.13. The minimum absolute atomic E-state index is 0.0517. The average molecular weight is 387 g/mol. The molecular formula is C19H19BrN2O2. The average Bonchev–Trinajstić information content (AvgIpc) is 2.59. The molecule has 1 aliphatic heterocycles. The van der Waals surface area contributed by atoms with Gasteiger partial charge in [0, 0.05) is 22.9 Å². The number of nitrogens with zero attached hydrogens (tertiary/aromatic N) is 1. The van der Waals surface area contributed by atoms with Crippen molar-refractivity contribution < 1.29 is 9.84 Å². The minimum atomic E-state index is 0.0517. The first-order valence-corrected chi connectivity index (χ1v) is 8.49. The minimum Gasteiger partial charge on any atom is -0.504 e. The van der Waals surface area contributed by atoms with Crippen LogP contribution in [0.25, 0.3) is 5.57 Å². The Kier molecular flexibility index (Phi) is 4.90. The van der Waals surface area contributed by atoms with Crippen molar-refractivity contribution in [1.82, 2.24) is 5.32 Å². The van der Waals surface area contributed by atoms with E-state index in [1.54, 1.807) is 19.2 Å². The van der Waals surface area contributed by atoms with E-state index in [-0.39, 0.29) is 11.8 Å². The van der Waals surface area contributed by atoms with E-state index in [9.17, 15) is 5.11 Å². The summed E-state index contributed by atoms with van der Waals surface area (Å²) in [6, 6.07) is 11.7. The van der Waals surface area contributed by atoms with Gasteiger partial charge in [-0.05, 0) is 53.5 Å². The highest BCUT2D eigenvalue weighted by Gasteiger charge is 2.13. The first-order valence-electron chi connectivity index (χ1n) is 7.70. The molecular weight excluding hydrogens is 368 g/mol. The number of phenolic OH excluding ortho intramolecular Hbond substituents is 1. The van der Waals surface area contributed by atoms with E-state index in [2.05, 4.69) is 38.4 Å². The quantitative estimate of drug-likeness (QED) is 0.823. The van der Waals surface area contributed by atoms with Crippen LogP contribution in [0, 0.1) is 0 Å². The Labute approximate surface area is 150 Å². The predicted molar refractivity (Wildman–Crippen MR) is 101 cm³/mol. The molecule has 0 spiro atoms. The van der Waals surface area contributed by atoms with Gasteiger partial charge in [-0.2, -0.15) is 0 Å². The molecule has 1 atom stereocenters. The van der Waals surface area contributed by atoms with Crippen molar-refractivity contribution in [3.05, 3.63) is 63.8 Å². The molecule has 1 unspecified atom stereocenters. The highest BCUT2D eigenvalue weighted by atomic mass is 79.9. The summed E-state index contributed by atoms with van der Waals surface area (Å²) in [4.78, 5) is 4.41. The summed E-state index contributed by atoms with van der Waals surface area (Å²) in [5.74, 6) is 0.623. The van der Waals surface area contributed by atoms with E-state index in [1.807, 2.05) is 31.5 Å². The maximum Gasteiger partial charge on any atom is 0.160 e. The van der Waals surface area contributed by atoms with E-state index < -0.39 is 0 Å². The number of aromatic hydroxyl groups is 1. The third kappa shape index (κ3) is 3.46. The standard InChI is InChI=1S/C19H19BrN2O2/c1-12(13-4-6-19(24-2)18(23)7-13)22-11-15-10-21-9-14-3-5-16(20)8-17(14)15/h3-9,11-12,22-23H,10H2,1-2H3. The fourth-order valence-corrected chi connectivity index (χ4v) is 3.03. The van der Waals surface area contributed by atoms with Crippen molar-refractivity contribution >= 4 is 27.7 Å². The van der Waals surface area contributed by atoms with E-state index in [1.165, 1.54) is 5.56 Å². The first kappa shape index (κ1) is 16.6. The van der Waals surface area contributed by atoms with Gasteiger partial charge >= 0.3 is 0 Å². The van der Waals surface area contributed by atoms with E-state index >= 15 is 0 Å². The number of phenols is 1. The number of hydrogen-bond donors (Lipinski definition) is 2. The van der Waals surface area contributed by atoms with Crippen LogP contribution in [0.3, 0.4) is 0 Å². The fraction of sp³-hybridized carbons (Fsp3) is 0.211. The Balaban J connectivity index is 1.80. The number of methoxy groups -OCH3 is 1. The fourth-order valence-electron chi connectivity index (χ4n) is 2.67. The predicted octanol–water partition coefficient (Wildman–Crippen LogP) is 4.29. The number of fused-ring (bicyclic) bond motifs is 1. The number of benzene rings is 2. The molecule has 5 heteroatoms. The lowest BCUT2D eigenvalue weighted by Crippen LogP contribution is -2.14. The van der Waals surface area contributed by atoms with Gasteiger partial charge in [0.1, 0.15) is 0 Å². The van der Waals surface area contributed by atoms with Crippen molar-refractivity contribution in [3.8, 4) is 11.5 Å². The van der Waals surface area contributed by atoms with Gasteiger partial charge in [0.2, 0.25) is 0 Å². The topological polar surface area (TPSA) is 53.8 Å². The van der Waals surface area contributed by atoms with Crippen molar-refractivity contribution in [3.63, 3.8) is 0 Å². The van der Waals surface area contributed by atoms with E-state index in [0.29, 0.717) is 12.3 Å². The smallest absolute Gasteiger partial charge is 0.160 e. The zero-order valence-corrected chi connectivity index (χ0v) is 15.2. The largest absolute Gasteiger partial charge is 0.504 e. The molecule has 0 aromatic heterocycles. The molecule has 1 aliphatic rings. The van der Waals surface area contributed by atoms with Crippen LogP contribution in [0.2, 0.25) is 0 Å². The molecule has 24 heavy (non-hydrogen) atoms. The van der Waals surface area contributed by atoms with Crippen molar-refractivity contribution in [1.29, 1.82) is 0 Å². The normalized spacial score (nSPS) is 15.9. The van der Waals surface area contributed by atoms with Crippen LogP contribution in [0.1, 0.15) is 29.7 Å². The summed E-state index contributed by atoms with van der Waals surface area (Å²) in [5, 5.41) is 13.3. The van der Waals surface area contributed by atoms with Crippen LogP contribution >= 0.6 is 15.9 Å². The molecule has 0 bridgehead atoms. The molecule has 0 amide bonds. The number of nitrogens with one attached hydrogen (secondary N) is 1. The highest BCUT2D eigenvalue weighted by molar-refractivity contribution is 9.10. The molecule has 2 aromatic carbocycles. The van der Waals surface area contributed by atoms with Gasteiger partial charge in [-0.15, -0.1) is 0 Å². The summed E-state index contributed by atoms with van der Waals surface area (Å²) >= 11 is 3.52. The van der Waals surface area contributed by atoms with Crippen LogP contribution in [0.5, 0.6) is 11.5 Å². The molecule has 3 rings (SSSR count). The number of aliphatic imine (C=N–C) groups is 1. The molecule has 124 valence electrons. The van der Waals surface area contributed by atoms with Crippen LogP contribution < -0.4 is 10.1 Å². The second-order valence-corrected chi connectivity index (χ2v) is 6.61. The van der Waals surface area contributed by atoms with Gasteiger partial charge in [0.15, 0.2) is 11.5 Å². The maximum atomic E-state index is 9.93. The van der Waals surface area contributed by atoms with Crippen LogP contribution in [0.4, 0.5) is 0 Å². The lowest BCUT2D eigenvalue weighted by molar-refractivity contribution is 0.372. The zero-order valence-electron chi connectivity index (χ0n) is 13.6. The third-order valence-electron chi connectivity index (χ3n) is 4.06. The number of ether oxygens (including phenoxy) is 1. The zero-order chi connectivity index (χ0) is 17.1. The van der Waals surface area contributed by atoms with Crippen LogP contribution in [0.15, 0.2) is 52.1 Å². The molecule has 0 saturated carbocycles. The SMILES string of the molecule is COc1ccc(C(C)NC=C2CN=Cc3ccc(Br)cc32)cc1O. The Bertz CT molecular complexity index is 815. The van der Waals surface area contributed by atoms with Gasteiger partial charge in [0.05, 0.1) is 13.7 Å². The molecule has 1 heterocycles. The maximum absolute atomic E-state index is 9.93. The van der Waals surface area contributed by atoms with E-state index in [4.69, 9.17) is 4.74 Å². The Morgan fingerprint density at radius 1 is 1.29 bits per heavy atom. The summed E-state index contributed by atoms with van der Waals surface area (Å²) in [6.45, 7) is 2.70. The number of hydrogen-bond acceptors (Lipinski definition) is 4. The second-order valence-electron chi connectivity index (χ2n) is 5.69. The monoisotopic (exact) mass is 386 g/mol. The first-order chi connectivity index (χ1) is 11.6. The summed E-state index contributed by atoms with van der Waals surface area (Å²) in [5.41, 5.74) is 4.42. The van der Waals surface area contributed by atoms with Gasteiger partial charge in [-0.3, -0.25) is 4.99 Å². The number of rotatable bonds is 4. The lowest BCUT2D eigenvalue weighted by Gasteiger charge is -2.18. The van der Waals surface area contributed by atoms with Gasteiger partial charge in [0.25, 0.3) is 0 Å². The van der Waals surface area contributed by atoms with Crippen LogP contribution in [-0.4, -0.2) is 25.0 Å². The van der Waals surface area contributed by atoms with Crippen molar-refractivity contribution in [2.45, 2.75) is 13.0 Å². The van der Waals surface area contributed by atoms with Gasteiger partial charge < -0.3 is 15.2 Å². The summed E-state index contributed by atoms with van der Waals surface area (Å²) in [6.07, 6.45) is 3.91. The molecule has 2 N–H and O–H groups in total. The van der Waals surface area contributed by atoms with E-state index in [0.717, 1.165) is 21.2 Å². The molecule has 0 fully saturated rings. The third-order valence-corrected chi connectivity index (χ3v) is 4.56. The molecule has 0 radical (unpaired) electrons. The molecule has 4 nitrogen and oxygen atoms in total. The lowest BCUT2D eigenvalue weighted by atomic mass is 9.98. The molecule has 0 aliphatic carbocycles. The van der Waals surface area contributed by atoms with Crippen molar-refractivity contribution in [2.75, 3.05) is 13.7 Å². The highest BCUT2D eigenvalue weighted by Crippen LogP contribution is 2.29. The van der Waals surface area contributed by atoms with Crippen molar-refractivity contribution in [2.24, 2.45) is 4.99 Å². The molecule has 2 aromatic rings. The van der Waals surface area contributed by atoms with Gasteiger partial charge in [-0.1, -0.05) is 28.1 Å².